The average molecular weight is 251 g/mol. The maximum absolute atomic E-state index is 11.7. The van der Waals surface area contributed by atoms with Gasteiger partial charge in [0.05, 0.1) is 12.1 Å². The van der Waals surface area contributed by atoms with Gasteiger partial charge in [0.15, 0.2) is 0 Å². The predicted molar refractivity (Wildman–Crippen MR) is 66.7 cm³/mol. The molecule has 2 N–H and O–H groups in total. The van der Waals surface area contributed by atoms with Crippen molar-refractivity contribution in [2.24, 2.45) is 5.73 Å². The maximum Gasteiger partial charge on any atom is 0.239 e. The van der Waals surface area contributed by atoms with E-state index in [1.165, 1.54) is 0 Å². The molecule has 1 rings (SSSR count). The van der Waals surface area contributed by atoms with Crippen LogP contribution in [0, 0.1) is 0 Å². The van der Waals surface area contributed by atoms with Crippen LogP contribution >= 0.6 is 12.4 Å². The van der Waals surface area contributed by atoms with E-state index in [9.17, 15) is 4.79 Å². The van der Waals surface area contributed by atoms with E-state index in [1.54, 1.807) is 18.9 Å². The molecule has 1 fully saturated rings. The number of hydrogen-bond donors (Lipinski definition) is 1. The predicted octanol–water partition coefficient (Wildman–Crippen LogP) is 1.17. The summed E-state index contributed by atoms with van der Waals surface area (Å²) >= 11 is 0. The number of likely N-dealkylation sites (N-methyl/N-ethyl adjacent to an activating group) is 1. The first-order valence-corrected chi connectivity index (χ1v) is 5.61. The van der Waals surface area contributed by atoms with Crippen molar-refractivity contribution in [2.45, 2.75) is 50.8 Å². The van der Waals surface area contributed by atoms with Crippen LogP contribution in [-0.2, 0) is 9.53 Å². The molecule has 1 aliphatic carbocycles. The van der Waals surface area contributed by atoms with E-state index in [-0.39, 0.29) is 18.3 Å². The van der Waals surface area contributed by atoms with Gasteiger partial charge in [-0.25, -0.2) is 0 Å². The SMILES string of the molecule is COC1CCC(N(C)C(=O)[C@@H](C)N)CC1.Cl. The summed E-state index contributed by atoms with van der Waals surface area (Å²) < 4.78 is 5.30. The molecule has 0 bridgehead atoms. The molecule has 0 spiro atoms. The molecule has 1 amide bonds. The zero-order chi connectivity index (χ0) is 11.4. The van der Waals surface area contributed by atoms with Gasteiger partial charge in [0.25, 0.3) is 0 Å². The highest BCUT2D eigenvalue weighted by Crippen LogP contribution is 2.24. The molecule has 0 aromatic carbocycles. The summed E-state index contributed by atoms with van der Waals surface area (Å²) in [6.45, 7) is 1.74. The summed E-state index contributed by atoms with van der Waals surface area (Å²) in [7, 11) is 3.60. The topological polar surface area (TPSA) is 55.6 Å². The smallest absolute Gasteiger partial charge is 0.239 e. The lowest BCUT2D eigenvalue weighted by Crippen LogP contribution is -2.46. The minimum atomic E-state index is -0.393. The van der Waals surface area contributed by atoms with Crippen LogP contribution in [0.5, 0.6) is 0 Å². The van der Waals surface area contributed by atoms with Crippen LogP contribution in [0.25, 0.3) is 0 Å². The van der Waals surface area contributed by atoms with Crippen LogP contribution in [0.1, 0.15) is 32.6 Å². The van der Waals surface area contributed by atoms with Gasteiger partial charge in [-0.05, 0) is 32.6 Å². The summed E-state index contributed by atoms with van der Waals surface area (Å²) in [5.41, 5.74) is 5.58. The second-order valence-electron chi connectivity index (χ2n) is 4.40. The molecule has 5 heteroatoms. The van der Waals surface area contributed by atoms with Crippen LogP contribution < -0.4 is 5.73 Å². The van der Waals surface area contributed by atoms with Crippen molar-refractivity contribution in [1.29, 1.82) is 0 Å². The van der Waals surface area contributed by atoms with Crippen molar-refractivity contribution in [2.75, 3.05) is 14.2 Å². The van der Waals surface area contributed by atoms with Gasteiger partial charge in [0.1, 0.15) is 0 Å². The molecule has 0 heterocycles. The molecule has 96 valence electrons. The Morgan fingerprint density at radius 1 is 1.38 bits per heavy atom. The summed E-state index contributed by atoms with van der Waals surface area (Å²) in [5, 5.41) is 0. The van der Waals surface area contributed by atoms with Crippen LogP contribution in [-0.4, -0.2) is 43.2 Å². The van der Waals surface area contributed by atoms with Crippen LogP contribution in [0.15, 0.2) is 0 Å². The average Bonchev–Trinajstić information content (AvgIpc) is 2.27. The fraction of sp³-hybridized carbons (Fsp3) is 0.909. The molecule has 0 aromatic rings. The Labute approximate surface area is 104 Å². The Morgan fingerprint density at radius 2 is 1.88 bits per heavy atom. The zero-order valence-corrected chi connectivity index (χ0v) is 11.1. The minimum absolute atomic E-state index is 0. The fourth-order valence-electron chi connectivity index (χ4n) is 2.17. The Balaban J connectivity index is 0.00000225. The molecule has 0 aromatic heterocycles. The first-order chi connectivity index (χ1) is 7.06. The van der Waals surface area contributed by atoms with Crippen molar-refractivity contribution < 1.29 is 9.53 Å². The van der Waals surface area contributed by atoms with Gasteiger partial charge in [-0.1, -0.05) is 0 Å². The number of ether oxygens (including phenoxy) is 1. The first kappa shape index (κ1) is 15.7. The number of carbonyl (C=O) groups is 1. The summed E-state index contributed by atoms with van der Waals surface area (Å²) in [6.07, 6.45) is 4.50. The maximum atomic E-state index is 11.7. The largest absolute Gasteiger partial charge is 0.381 e. The van der Waals surface area contributed by atoms with Crippen molar-refractivity contribution in [1.82, 2.24) is 4.90 Å². The molecule has 0 unspecified atom stereocenters. The fourth-order valence-corrected chi connectivity index (χ4v) is 2.17. The molecule has 0 radical (unpaired) electrons. The highest BCUT2D eigenvalue weighted by atomic mass is 35.5. The van der Waals surface area contributed by atoms with E-state index in [2.05, 4.69) is 0 Å². The molecule has 0 aliphatic heterocycles. The van der Waals surface area contributed by atoms with Gasteiger partial charge in [-0.15, -0.1) is 12.4 Å². The number of methoxy groups -OCH3 is 1. The highest BCUT2D eigenvalue weighted by Gasteiger charge is 2.27. The van der Waals surface area contributed by atoms with Crippen molar-refractivity contribution >= 4 is 18.3 Å². The third kappa shape index (κ3) is 3.92. The zero-order valence-electron chi connectivity index (χ0n) is 10.3. The summed E-state index contributed by atoms with van der Waals surface area (Å²) in [6, 6.07) is -0.0509. The van der Waals surface area contributed by atoms with Gasteiger partial charge < -0.3 is 15.4 Å². The number of carbonyl (C=O) groups excluding carboxylic acids is 1. The van der Waals surface area contributed by atoms with Gasteiger partial charge >= 0.3 is 0 Å². The third-order valence-electron chi connectivity index (χ3n) is 3.26. The van der Waals surface area contributed by atoms with E-state index >= 15 is 0 Å². The van der Waals surface area contributed by atoms with Crippen LogP contribution in [0.4, 0.5) is 0 Å². The van der Waals surface area contributed by atoms with Crippen molar-refractivity contribution in [3.05, 3.63) is 0 Å². The minimum Gasteiger partial charge on any atom is -0.381 e. The summed E-state index contributed by atoms with van der Waals surface area (Å²) in [5.74, 6) is 0.0378. The number of hydrogen-bond acceptors (Lipinski definition) is 3. The van der Waals surface area contributed by atoms with Crippen molar-refractivity contribution in [3.63, 3.8) is 0 Å². The second kappa shape index (κ2) is 7.09. The second-order valence-corrected chi connectivity index (χ2v) is 4.40. The first-order valence-electron chi connectivity index (χ1n) is 5.61. The van der Waals surface area contributed by atoms with E-state index in [0.717, 1.165) is 25.7 Å². The molecule has 0 saturated heterocycles. The molecule has 1 atom stereocenters. The number of halogens is 1. The van der Waals surface area contributed by atoms with Gasteiger partial charge in [-0.2, -0.15) is 0 Å². The number of amides is 1. The standard InChI is InChI=1S/C11H22N2O2.ClH/c1-8(12)11(14)13(2)9-4-6-10(15-3)7-5-9;/h8-10H,4-7,12H2,1-3H3;1H/t8-,9?,10?;/m1./s1. The van der Waals surface area contributed by atoms with Crippen LogP contribution in [0.2, 0.25) is 0 Å². The Morgan fingerprint density at radius 3 is 2.25 bits per heavy atom. The van der Waals surface area contributed by atoms with Gasteiger partial charge in [-0.3, -0.25) is 4.79 Å². The lowest BCUT2D eigenvalue weighted by atomic mass is 9.92. The molecule has 4 nitrogen and oxygen atoms in total. The number of nitrogens with zero attached hydrogens (tertiary/aromatic N) is 1. The lowest BCUT2D eigenvalue weighted by Gasteiger charge is -2.34. The quantitative estimate of drug-likeness (QED) is 0.818. The van der Waals surface area contributed by atoms with E-state index in [1.807, 2.05) is 7.05 Å². The Hall–Kier alpha value is -0.320. The van der Waals surface area contributed by atoms with E-state index < -0.39 is 6.04 Å². The molecular weight excluding hydrogens is 228 g/mol. The Bertz CT molecular complexity index is 216. The summed E-state index contributed by atoms with van der Waals surface area (Å²) in [4.78, 5) is 13.5. The monoisotopic (exact) mass is 250 g/mol. The Kier molecular flexibility index (Phi) is 6.95. The number of nitrogens with two attached hydrogens (primary N) is 1. The lowest BCUT2D eigenvalue weighted by molar-refractivity contribution is -0.134. The molecule has 16 heavy (non-hydrogen) atoms. The molecular formula is C11H23ClN2O2. The van der Waals surface area contributed by atoms with Crippen molar-refractivity contribution in [3.8, 4) is 0 Å². The van der Waals surface area contributed by atoms with Gasteiger partial charge in [0, 0.05) is 20.2 Å². The molecule has 1 saturated carbocycles. The molecule has 1 aliphatic rings. The normalized spacial score (nSPS) is 26.8. The van der Waals surface area contributed by atoms with Gasteiger partial charge in [0.2, 0.25) is 5.91 Å². The highest BCUT2D eigenvalue weighted by molar-refractivity contribution is 5.85. The van der Waals surface area contributed by atoms with E-state index in [4.69, 9.17) is 10.5 Å². The number of rotatable bonds is 3. The van der Waals surface area contributed by atoms with Crippen LogP contribution in [0.3, 0.4) is 0 Å². The third-order valence-corrected chi connectivity index (χ3v) is 3.26. The van der Waals surface area contributed by atoms with E-state index in [0.29, 0.717) is 12.1 Å².